The minimum Gasteiger partial charge on any atom is -0.309 e. The van der Waals surface area contributed by atoms with Crippen LogP contribution in [0.1, 0.15) is 0 Å². The zero-order valence-electron chi connectivity index (χ0n) is 51.1. The number of benzene rings is 12. The highest BCUT2D eigenvalue weighted by Gasteiger charge is 2.32. The molecule has 480 valence electrons. The zero-order chi connectivity index (χ0) is 68.3. The maximum Gasteiger partial charge on any atom is 0.415 e. The predicted molar refractivity (Wildman–Crippen MR) is 386 cm³/mol. The van der Waals surface area contributed by atoms with Crippen LogP contribution in [0.5, 0.6) is 0 Å². The summed E-state index contributed by atoms with van der Waals surface area (Å²) < 4.78 is 125. The fourth-order valence-corrected chi connectivity index (χ4v) is 17.2. The molecule has 14 aromatic rings. The number of hydrogen-bond acceptors (Lipinski definition) is 9. The largest absolute Gasteiger partial charge is 0.415 e. The first-order valence-electron chi connectivity index (χ1n) is 30.1. The van der Waals surface area contributed by atoms with Crippen molar-refractivity contribution in [2.45, 2.75) is 0 Å². The Morgan fingerprint density at radius 2 is 0.408 bits per heavy atom. The second-order valence-electron chi connectivity index (χ2n) is 21.8. The summed E-state index contributed by atoms with van der Waals surface area (Å²) in [4.78, 5) is 28.5. The molecule has 0 fully saturated rings. The summed E-state index contributed by atoms with van der Waals surface area (Å²) in [5, 5.41) is 3.50. The van der Waals surface area contributed by atoms with E-state index in [0.29, 0.717) is 88.5 Å². The summed E-state index contributed by atoms with van der Waals surface area (Å²) in [7, 11) is -8.89. The minimum absolute atomic E-state index is 0.325. The van der Waals surface area contributed by atoms with Crippen molar-refractivity contribution in [3.63, 3.8) is 0 Å². The van der Waals surface area contributed by atoms with E-state index in [1.165, 1.54) is 146 Å². The van der Waals surface area contributed by atoms with E-state index in [0.717, 1.165) is 31.2 Å². The van der Waals surface area contributed by atoms with Crippen LogP contribution in [0.25, 0.3) is 68.3 Å². The van der Waals surface area contributed by atoms with Crippen LogP contribution >= 0.6 is 53.9 Å². The lowest BCUT2D eigenvalue weighted by molar-refractivity contribution is 0.591. The maximum absolute atomic E-state index is 14.9. The molecule has 98 heavy (non-hydrogen) atoms. The molecule has 0 spiro atoms. The van der Waals surface area contributed by atoms with Gasteiger partial charge in [-0.15, -0.1) is 0 Å². The topological polar surface area (TPSA) is 129 Å². The third kappa shape index (κ3) is 15.8. The first-order chi connectivity index (χ1) is 47.5. The van der Waals surface area contributed by atoms with E-state index in [4.69, 9.17) is 29.9 Å². The highest BCUT2D eigenvalue weighted by molar-refractivity contribution is 9.10. The predicted octanol–water partition coefficient (Wildman–Crippen LogP) is 17.8. The molecule has 0 unspecified atom stereocenters. The highest BCUT2D eigenvalue weighted by atomic mass is 79.9. The van der Waals surface area contributed by atoms with Gasteiger partial charge in [0.1, 0.15) is 34.9 Å². The number of aromatic nitrogens is 6. The van der Waals surface area contributed by atoms with E-state index < -0.39 is 45.4 Å². The molecular formula is C78H50Br2F6N6O3P3+. The normalized spacial score (nSPS) is 11.2. The molecule has 14 rings (SSSR count). The van der Waals surface area contributed by atoms with Gasteiger partial charge in [-0.3, -0.25) is 0 Å². The van der Waals surface area contributed by atoms with Crippen LogP contribution in [-0.4, -0.2) is 29.9 Å². The van der Waals surface area contributed by atoms with Gasteiger partial charge in [-0.1, -0.05) is 170 Å². The van der Waals surface area contributed by atoms with Crippen LogP contribution in [0, 0.1) is 34.9 Å². The SMILES string of the molecule is Brc1ccc(-c2nc(-c3ccccc3)nc(-c3ccc(Br)cc3)n2)cc1.O=P(c1ccc(F)cc1)(c1ccc(F)cc1)c1ccc(-c2nc(-c3ccccc3)nc(-c3ccc(P(=O)(c4ccc(F)cc4)c4ccc(F)cc4)cc3)n2)cc1.O=[P+](c1ccc(F)cc1)c1ccc(F)cc1. The Labute approximate surface area is 578 Å². The molecule has 0 saturated carbocycles. The molecule has 2 heterocycles. The molecular weight excluding hydrogens is 1440 g/mol. The van der Waals surface area contributed by atoms with E-state index in [1.54, 1.807) is 48.5 Å². The molecule has 0 saturated heterocycles. The Bertz CT molecular complexity index is 4820. The molecule has 2 aromatic heterocycles. The first-order valence-corrected chi connectivity index (χ1v) is 36.3. The number of rotatable bonds is 14. The maximum atomic E-state index is 14.9. The van der Waals surface area contributed by atoms with Crippen LogP contribution in [0.2, 0.25) is 0 Å². The molecule has 0 atom stereocenters. The average molecular weight is 1490 g/mol. The average Bonchev–Trinajstić information content (AvgIpc) is 0.775. The molecule has 0 bridgehead atoms. The fourth-order valence-electron chi connectivity index (χ4n) is 10.3. The second-order valence-corrected chi connectivity index (χ2v) is 30.8. The smallest absolute Gasteiger partial charge is 0.309 e. The molecule has 0 aliphatic rings. The minimum atomic E-state index is -3.56. The Morgan fingerprint density at radius 3 is 0.622 bits per heavy atom. The molecule has 0 amide bonds. The van der Waals surface area contributed by atoms with Gasteiger partial charge >= 0.3 is 7.80 Å². The van der Waals surface area contributed by atoms with Gasteiger partial charge in [-0.25, -0.2) is 56.2 Å². The van der Waals surface area contributed by atoms with Crippen LogP contribution in [0.4, 0.5) is 26.3 Å². The van der Waals surface area contributed by atoms with Crippen LogP contribution in [0.3, 0.4) is 0 Å². The Morgan fingerprint density at radius 1 is 0.235 bits per heavy atom. The van der Waals surface area contributed by atoms with Crippen molar-refractivity contribution in [1.82, 2.24) is 29.9 Å². The van der Waals surface area contributed by atoms with Gasteiger partial charge in [0.15, 0.2) is 59.8 Å². The van der Waals surface area contributed by atoms with Crippen molar-refractivity contribution in [3.05, 3.63) is 347 Å². The van der Waals surface area contributed by atoms with E-state index in [-0.39, 0.29) is 11.6 Å². The summed E-state index contributed by atoms with van der Waals surface area (Å²) in [5.74, 6) is 0.390. The molecule has 0 aliphatic carbocycles. The van der Waals surface area contributed by atoms with Gasteiger partial charge in [-0.05, 0) is 170 Å². The number of halogens is 8. The Balaban J connectivity index is 0.000000177. The van der Waals surface area contributed by atoms with E-state index in [1.807, 2.05) is 109 Å². The van der Waals surface area contributed by atoms with Gasteiger partial charge in [0, 0.05) is 74.2 Å². The number of hydrogen-bond donors (Lipinski definition) is 0. The van der Waals surface area contributed by atoms with Gasteiger partial charge in [0.25, 0.3) is 0 Å². The van der Waals surface area contributed by atoms with E-state index in [9.17, 15) is 40.0 Å². The number of nitrogens with zero attached hydrogens (tertiary/aromatic N) is 6. The standard InChI is InChI=1S/C45H29F4N3O2P2.C21H13Br2N3.C12H8F2OP/c46-33-10-22-39(23-11-33)55(53,40-24-12-34(47)13-25-40)37-18-6-31(7-19-37)44-50-43(30-4-2-1-3-5-30)51-45(52-44)32-8-20-38(21-9-32)56(54,41-26-14-35(48)15-27-41)42-28-16-36(49)17-29-42;22-17-10-6-15(7-11-17)20-24-19(14-4-2-1-3-5-14)25-21(26-20)16-8-12-18(23)13-9-16;13-9-1-5-11(6-2-9)16(15)12-7-3-10(14)4-8-12/h1-29H;1-13H;1-8H/q;;+1. The van der Waals surface area contributed by atoms with Crippen LogP contribution in [0.15, 0.2) is 312 Å². The van der Waals surface area contributed by atoms with E-state index in [2.05, 4.69) is 31.9 Å². The fraction of sp³-hybridized carbons (Fsp3) is 0. The van der Waals surface area contributed by atoms with E-state index >= 15 is 0 Å². The van der Waals surface area contributed by atoms with Crippen molar-refractivity contribution in [2.24, 2.45) is 0 Å². The highest BCUT2D eigenvalue weighted by Crippen LogP contribution is 2.44. The summed E-state index contributed by atoms with van der Waals surface area (Å²) in [6.07, 6.45) is 0. The van der Waals surface area contributed by atoms with Crippen molar-refractivity contribution in [1.29, 1.82) is 0 Å². The van der Waals surface area contributed by atoms with Crippen molar-refractivity contribution in [2.75, 3.05) is 0 Å². The van der Waals surface area contributed by atoms with Crippen molar-refractivity contribution in [3.8, 4) is 68.3 Å². The lowest BCUT2D eigenvalue weighted by Crippen LogP contribution is -2.25. The van der Waals surface area contributed by atoms with Gasteiger partial charge in [-0.2, -0.15) is 0 Å². The van der Waals surface area contributed by atoms with Crippen LogP contribution in [-0.2, 0) is 13.7 Å². The van der Waals surface area contributed by atoms with Crippen LogP contribution < -0.4 is 42.4 Å². The molecule has 9 nitrogen and oxygen atoms in total. The lowest BCUT2D eigenvalue weighted by Gasteiger charge is -2.20. The first kappa shape index (κ1) is 67.7. The molecule has 0 N–H and O–H groups in total. The van der Waals surface area contributed by atoms with Crippen molar-refractivity contribution < 1.29 is 40.0 Å². The van der Waals surface area contributed by atoms with Gasteiger partial charge in [0.2, 0.25) is 0 Å². The third-order valence-corrected chi connectivity index (χ3v) is 24.1. The monoisotopic (exact) mass is 1480 g/mol. The lowest BCUT2D eigenvalue weighted by atomic mass is 10.1. The molecule has 12 aromatic carbocycles. The third-order valence-electron chi connectivity index (χ3n) is 15.4. The Hall–Kier alpha value is -10.2. The van der Waals surface area contributed by atoms with Gasteiger partial charge < -0.3 is 9.13 Å². The van der Waals surface area contributed by atoms with Crippen molar-refractivity contribution >= 4 is 96.4 Å². The molecule has 0 aliphatic heterocycles. The second kappa shape index (κ2) is 30.5. The summed E-state index contributed by atoms with van der Waals surface area (Å²) in [6, 6.07) is 81.7. The summed E-state index contributed by atoms with van der Waals surface area (Å²) in [6.45, 7) is 0. The molecule has 0 radical (unpaired) electrons. The van der Waals surface area contributed by atoms with Gasteiger partial charge in [0.05, 0.1) is 0 Å². The molecule has 20 heteroatoms. The zero-order valence-corrected chi connectivity index (χ0v) is 57.0. The Kier molecular flexibility index (Phi) is 21.0. The quantitative estimate of drug-likeness (QED) is 0.0772. The summed E-state index contributed by atoms with van der Waals surface area (Å²) >= 11 is 6.94. The summed E-state index contributed by atoms with van der Waals surface area (Å²) in [5.41, 5.74) is 4.78.